The lowest BCUT2D eigenvalue weighted by Gasteiger charge is -2.26. The number of aromatic nitrogens is 2. The minimum absolute atomic E-state index is 0.929. The summed E-state index contributed by atoms with van der Waals surface area (Å²) in [5.74, 6) is 1.90. The van der Waals surface area contributed by atoms with Crippen LogP contribution in [0.15, 0.2) is 6.33 Å². The Morgan fingerprint density at radius 3 is 2.58 bits per heavy atom. The Balaban J connectivity index is 1.88. The van der Waals surface area contributed by atoms with Gasteiger partial charge in [-0.25, -0.2) is 9.97 Å². The highest BCUT2D eigenvalue weighted by Crippen LogP contribution is 2.19. The molecule has 5 nitrogen and oxygen atoms in total. The topological polar surface area (TPSA) is 53.1 Å². The molecule has 2 rings (SSSR count). The van der Waals surface area contributed by atoms with Gasteiger partial charge >= 0.3 is 0 Å². The van der Waals surface area contributed by atoms with E-state index in [-0.39, 0.29) is 0 Å². The van der Waals surface area contributed by atoms with Crippen LogP contribution in [0.25, 0.3) is 0 Å². The van der Waals surface area contributed by atoms with Crippen molar-refractivity contribution < 1.29 is 0 Å². The summed E-state index contributed by atoms with van der Waals surface area (Å²) in [7, 11) is 1.90. The van der Waals surface area contributed by atoms with Crippen LogP contribution in [-0.4, -0.2) is 48.1 Å². The van der Waals surface area contributed by atoms with Gasteiger partial charge in [0.15, 0.2) is 0 Å². The van der Waals surface area contributed by atoms with E-state index >= 15 is 0 Å². The molecule has 0 aromatic carbocycles. The summed E-state index contributed by atoms with van der Waals surface area (Å²) < 4.78 is 0. The van der Waals surface area contributed by atoms with Crippen LogP contribution in [0, 0.1) is 0 Å². The number of nitrogens with zero attached hydrogens (tertiary/aromatic N) is 3. The van der Waals surface area contributed by atoms with Gasteiger partial charge < -0.3 is 15.5 Å². The summed E-state index contributed by atoms with van der Waals surface area (Å²) in [6.07, 6.45) is 6.63. The van der Waals surface area contributed by atoms with Crippen molar-refractivity contribution in [3.63, 3.8) is 0 Å². The lowest BCUT2D eigenvalue weighted by atomic mass is 10.1. The van der Waals surface area contributed by atoms with Crippen LogP contribution >= 0.6 is 0 Å². The number of hydrogen-bond donors (Lipinski definition) is 2. The number of rotatable bonds is 6. The minimum Gasteiger partial charge on any atom is -0.373 e. The first kappa shape index (κ1) is 14.1. The van der Waals surface area contributed by atoms with Crippen molar-refractivity contribution in [2.75, 3.05) is 43.9 Å². The smallest absolute Gasteiger partial charge is 0.134 e. The molecular weight excluding hydrogens is 238 g/mol. The molecular formula is C14H25N5. The highest BCUT2D eigenvalue weighted by molar-refractivity contribution is 5.57. The van der Waals surface area contributed by atoms with Gasteiger partial charge in [0, 0.05) is 25.7 Å². The maximum Gasteiger partial charge on any atom is 0.134 e. The number of likely N-dealkylation sites (tertiary alicyclic amines) is 1. The van der Waals surface area contributed by atoms with Gasteiger partial charge in [-0.15, -0.1) is 0 Å². The molecule has 2 heterocycles. The largest absolute Gasteiger partial charge is 0.373 e. The Morgan fingerprint density at radius 2 is 1.89 bits per heavy atom. The average molecular weight is 263 g/mol. The summed E-state index contributed by atoms with van der Waals surface area (Å²) in [4.78, 5) is 11.1. The second-order valence-corrected chi connectivity index (χ2v) is 4.98. The first-order valence-corrected chi connectivity index (χ1v) is 7.33. The third-order valence-corrected chi connectivity index (χ3v) is 3.70. The van der Waals surface area contributed by atoms with Gasteiger partial charge in [0.1, 0.15) is 18.0 Å². The van der Waals surface area contributed by atoms with E-state index < -0.39 is 0 Å². The summed E-state index contributed by atoms with van der Waals surface area (Å²) in [6, 6.07) is 0. The van der Waals surface area contributed by atoms with E-state index in [9.17, 15) is 0 Å². The van der Waals surface area contributed by atoms with E-state index in [1.165, 1.54) is 37.9 Å². The minimum atomic E-state index is 0.929. The summed E-state index contributed by atoms with van der Waals surface area (Å²) in [5.41, 5.74) is 1.17. The molecule has 0 saturated carbocycles. The lowest BCUT2D eigenvalue weighted by molar-refractivity contribution is 0.237. The summed E-state index contributed by atoms with van der Waals surface area (Å²) in [6.45, 7) is 6.67. The van der Waals surface area contributed by atoms with E-state index in [2.05, 4.69) is 32.4 Å². The Kier molecular flexibility index (Phi) is 5.39. The standard InChI is InChI=1S/C14H25N5/c1-3-12-13(15-2)17-11-18-14(12)16-7-10-19-8-5-4-6-9-19/h11H,3-10H2,1-2H3,(H2,15,16,17,18). The van der Waals surface area contributed by atoms with Crippen molar-refractivity contribution in [1.29, 1.82) is 0 Å². The van der Waals surface area contributed by atoms with E-state index in [0.717, 1.165) is 31.1 Å². The monoisotopic (exact) mass is 263 g/mol. The molecule has 106 valence electrons. The van der Waals surface area contributed by atoms with Crippen molar-refractivity contribution in [2.45, 2.75) is 32.6 Å². The van der Waals surface area contributed by atoms with E-state index in [4.69, 9.17) is 0 Å². The molecule has 0 bridgehead atoms. The van der Waals surface area contributed by atoms with Crippen LogP contribution in [0.3, 0.4) is 0 Å². The number of piperidine rings is 1. The fourth-order valence-corrected chi connectivity index (χ4v) is 2.63. The van der Waals surface area contributed by atoms with E-state index in [0.29, 0.717) is 0 Å². The zero-order chi connectivity index (χ0) is 13.5. The van der Waals surface area contributed by atoms with Gasteiger partial charge in [0.05, 0.1) is 0 Å². The molecule has 1 saturated heterocycles. The molecule has 1 aliphatic heterocycles. The fraction of sp³-hybridized carbons (Fsp3) is 0.714. The van der Waals surface area contributed by atoms with Gasteiger partial charge in [-0.05, 0) is 32.4 Å². The second kappa shape index (κ2) is 7.28. The molecule has 1 aromatic heterocycles. The molecule has 0 amide bonds. The van der Waals surface area contributed by atoms with Gasteiger partial charge in [0.25, 0.3) is 0 Å². The molecule has 1 aliphatic rings. The first-order valence-electron chi connectivity index (χ1n) is 7.33. The number of nitrogens with one attached hydrogen (secondary N) is 2. The highest BCUT2D eigenvalue weighted by Gasteiger charge is 2.11. The second-order valence-electron chi connectivity index (χ2n) is 4.98. The molecule has 0 atom stereocenters. The molecule has 1 fully saturated rings. The van der Waals surface area contributed by atoms with Crippen LogP contribution in [0.4, 0.5) is 11.6 Å². The Morgan fingerprint density at radius 1 is 1.16 bits per heavy atom. The van der Waals surface area contributed by atoms with Crippen molar-refractivity contribution in [3.05, 3.63) is 11.9 Å². The maximum absolute atomic E-state index is 4.36. The molecule has 0 spiro atoms. The molecule has 0 unspecified atom stereocenters. The van der Waals surface area contributed by atoms with Gasteiger partial charge in [-0.1, -0.05) is 13.3 Å². The maximum atomic E-state index is 4.36. The quantitative estimate of drug-likeness (QED) is 0.822. The van der Waals surface area contributed by atoms with E-state index in [1.807, 2.05) is 7.05 Å². The van der Waals surface area contributed by atoms with Crippen LogP contribution in [0.5, 0.6) is 0 Å². The van der Waals surface area contributed by atoms with Gasteiger partial charge in [-0.2, -0.15) is 0 Å². The Hall–Kier alpha value is -1.36. The molecule has 1 aromatic rings. The number of anilines is 2. The average Bonchev–Trinajstić information content (AvgIpc) is 2.48. The number of hydrogen-bond acceptors (Lipinski definition) is 5. The fourth-order valence-electron chi connectivity index (χ4n) is 2.63. The highest BCUT2D eigenvalue weighted by atomic mass is 15.2. The molecule has 5 heteroatoms. The predicted molar refractivity (Wildman–Crippen MR) is 79.7 cm³/mol. The van der Waals surface area contributed by atoms with Gasteiger partial charge in [-0.3, -0.25) is 0 Å². The van der Waals surface area contributed by atoms with Crippen LogP contribution < -0.4 is 10.6 Å². The third-order valence-electron chi connectivity index (χ3n) is 3.70. The van der Waals surface area contributed by atoms with Crippen molar-refractivity contribution in [1.82, 2.24) is 14.9 Å². The molecule has 2 N–H and O–H groups in total. The normalized spacial score (nSPS) is 16.3. The first-order chi connectivity index (χ1) is 9.35. The van der Waals surface area contributed by atoms with Crippen LogP contribution in [-0.2, 0) is 6.42 Å². The summed E-state index contributed by atoms with van der Waals surface area (Å²) >= 11 is 0. The zero-order valence-corrected chi connectivity index (χ0v) is 12.1. The van der Waals surface area contributed by atoms with Crippen LogP contribution in [0.1, 0.15) is 31.7 Å². The van der Waals surface area contributed by atoms with Gasteiger partial charge in [0.2, 0.25) is 0 Å². The molecule has 19 heavy (non-hydrogen) atoms. The van der Waals surface area contributed by atoms with Crippen molar-refractivity contribution >= 4 is 11.6 Å². The third kappa shape index (κ3) is 3.80. The van der Waals surface area contributed by atoms with Crippen LogP contribution in [0.2, 0.25) is 0 Å². The Bertz CT molecular complexity index is 387. The summed E-state index contributed by atoms with van der Waals surface area (Å²) in [5, 5.41) is 6.58. The zero-order valence-electron chi connectivity index (χ0n) is 12.1. The molecule has 0 aliphatic carbocycles. The van der Waals surface area contributed by atoms with E-state index in [1.54, 1.807) is 6.33 Å². The van der Waals surface area contributed by atoms with Crippen molar-refractivity contribution in [2.24, 2.45) is 0 Å². The SMILES string of the molecule is CCc1c(NC)ncnc1NCCN1CCCCC1. The lowest BCUT2D eigenvalue weighted by Crippen LogP contribution is -2.33. The van der Waals surface area contributed by atoms with Crippen molar-refractivity contribution in [3.8, 4) is 0 Å². The molecule has 0 radical (unpaired) electrons. The predicted octanol–water partition coefficient (Wildman–Crippen LogP) is 1.98. The Labute approximate surface area is 115 Å².